The summed E-state index contributed by atoms with van der Waals surface area (Å²) in [6.07, 6.45) is 6.41. The first-order chi connectivity index (χ1) is 8.77. The van der Waals surface area contributed by atoms with Gasteiger partial charge in [-0.3, -0.25) is 4.90 Å². The Morgan fingerprint density at radius 3 is 3.06 bits per heavy atom. The van der Waals surface area contributed by atoms with Gasteiger partial charge in [-0.25, -0.2) is 0 Å². The summed E-state index contributed by atoms with van der Waals surface area (Å²) in [5.41, 5.74) is 7.55. The van der Waals surface area contributed by atoms with E-state index in [4.69, 9.17) is 5.73 Å². The third-order valence-corrected chi connectivity index (χ3v) is 5.20. The van der Waals surface area contributed by atoms with E-state index >= 15 is 0 Å². The molecule has 1 aromatic rings. The Labute approximate surface area is 115 Å². The SMILES string of the molecule is CCCCCC(CN)N1CCc2sccc2C1C. The molecule has 0 saturated heterocycles. The molecule has 0 fully saturated rings. The van der Waals surface area contributed by atoms with E-state index in [0.717, 1.165) is 6.54 Å². The smallest absolute Gasteiger partial charge is 0.0334 e. The van der Waals surface area contributed by atoms with Crippen LogP contribution in [0.1, 0.15) is 56.0 Å². The molecule has 2 atom stereocenters. The lowest BCUT2D eigenvalue weighted by molar-refractivity contribution is 0.129. The van der Waals surface area contributed by atoms with E-state index in [2.05, 4.69) is 30.2 Å². The first kappa shape index (κ1) is 14.0. The highest BCUT2D eigenvalue weighted by atomic mass is 32.1. The van der Waals surface area contributed by atoms with Gasteiger partial charge in [0.15, 0.2) is 0 Å². The zero-order chi connectivity index (χ0) is 13.0. The molecule has 2 heterocycles. The second kappa shape index (κ2) is 6.69. The molecule has 2 rings (SSSR count). The zero-order valence-electron chi connectivity index (χ0n) is 11.7. The van der Waals surface area contributed by atoms with Gasteiger partial charge in [-0.2, -0.15) is 0 Å². The number of hydrogen-bond acceptors (Lipinski definition) is 3. The van der Waals surface area contributed by atoms with E-state index in [9.17, 15) is 0 Å². The molecule has 102 valence electrons. The maximum Gasteiger partial charge on any atom is 0.0334 e. The summed E-state index contributed by atoms with van der Waals surface area (Å²) in [5, 5.41) is 2.24. The number of hydrogen-bond donors (Lipinski definition) is 1. The van der Waals surface area contributed by atoms with E-state index in [-0.39, 0.29) is 0 Å². The summed E-state index contributed by atoms with van der Waals surface area (Å²) in [7, 11) is 0. The lowest BCUT2D eigenvalue weighted by atomic mass is 9.97. The van der Waals surface area contributed by atoms with Crippen molar-refractivity contribution in [2.75, 3.05) is 13.1 Å². The highest BCUT2D eigenvalue weighted by Gasteiger charge is 2.29. The molecule has 1 aliphatic rings. The molecule has 2 N–H and O–H groups in total. The first-order valence-corrected chi connectivity index (χ1v) is 8.18. The molecule has 0 bridgehead atoms. The topological polar surface area (TPSA) is 29.3 Å². The Kier molecular flexibility index (Phi) is 5.22. The van der Waals surface area contributed by atoms with Crippen LogP contribution in [-0.2, 0) is 6.42 Å². The highest BCUT2D eigenvalue weighted by Crippen LogP contribution is 2.34. The minimum absolute atomic E-state index is 0.551. The lowest BCUT2D eigenvalue weighted by Crippen LogP contribution is -2.45. The number of thiophene rings is 1. The molecule has 0 radical (unpaired) electrons. The van der Waals surface area contributed by atoms with Crippen molar-refractivity contribution in [2.24, 2.45) is 5.73 Å². The molecule has 2 nitrogen and oxygen atoms in total. The van der Waals surface area contributed by atoms with Gasteiger partial charge in [-0.1, -0.05) is 26.2 Å². The Morgan fingerprint density at radius 1 is 1.50 bits per heavy atom. The van der Waals surface area contributed by atoms with Gasteiger partial charge < -0.3 is 5.73 Å². The average Bonchev–Trinajstić information content (AvgIpc) is 2.85. The second-order valence-corrected chi connectivity index (χ2v) is 6.35. The van der Waals surface area contributed by atoms with Crippen LogP contribution in [0.25, 0.3) is 0 Å². The van der Waals surface area contributed by atoms with E-state index < -0.39 is 0 Å². The molecule has 0 aromatic carbocycles. The van der Waals surface area contributed by atoms with Crippen molar-refractivity contribution in [3.05, 3.63) is 21.9 Å². The molecule has 3 heteroatoms. The second-order valence-electron chi connectivity index (χ2n) is 5.35. The number of fused-ring (bicyclic) bond motifs is 1. The molecule has 0 amide bonds. The Balaban J connectivity index is 1.99. The maximum atomic E-state index is 6.00. The third-order valence-electron chi connectivity index (χ3n) is 4.21. The van der Waals surface area contributed by atoms with Gasteiger partial charge in [0.25, 0.3) is 0 Å². The van der Waals surface area contributed by atoms with Crippen LogP contribution in [-0.4, -0.2) is 24.0 Å². The van der Waals surface area contributed by atoms with Crippen LogP contribution in [0.15, 0.2) is 11.4 Å². The quantitative estimate of drug-likeness (QED) is 0.798. The van der Waals surface area contributed by atoms with Crippen molar-refractivity contribution < 1.29 is 0 Å². The molecule has 18 heavy (non-hydrogen) atoms. The third kappa shape index (κ3) is 2.95. The fourth-order valence-corrected chi connectivity index (χ4v) is 4.04. The first-order valence-electron chi connectivity index (χ1n) is 7.30. The summed E-state index contributed by atoms with van der Waals surface area (Å²) >= 11 is 1.91. The standard InChI is InChI=1S/C15H26N2S/c1-3-4-5-6-13(11-16)17-9-7-15-14(12(17)2)8-10-18-15/h8,10,12-13H,3-7,9,11,16H2,1-2H3. The average molecular weight is 266 g/mol. The molecular formula is C15H26N2S. The van der Waals surface area contributed by atoms with Gasteiger partial charge in [0.2, 0.25) is 0 Å². The largest absolute Gasteiger partial charge is 0.329 e. The Morgan fingerprint density at radius 2 is 2.33 bits per heavy atom. The normalized spacial score (nSPS) is 21.8. The summed E-state index contributed by atoms with van der Waals surface area (Å²) in [4.78, 5) is 4.22. The van der Waals surface area contributed by atoms with Crippen molar-refractivity contribution in [1.82, 2.24) is 4.90 Å². The summed E-state index contributed by atoms with van der Waals surface area (Å²) in [6.45, 7) is 6.59. The molecule has 0 aliphatic carbocycles. The number of unbranched alkanes of at least 4 members (excludes halogenated alkanes) is 2. The van der Waals surface area contributed by atoms with Crippen LogP contribution in [0.3, 0.4) is 0 Å². The van der Waals surface area contributed by atoms with E-state index in [1.54, 1.807) is 10.4 Å². The summed E-state index contributed by atoms with van der Waals surface area (Å²) in [6, 6.07) is 3.42. The van der Waals surface area contributed by atoms with Gasteiger partial charge in [-0.05, 0) is 36.8 Å². The van der Waals surface area contributed by atoms with Crippen LogP contribution < -0.4 is 5.73 Å². The molecule has 2 unspecified atom stereocenters. The van der Waals surface area contributed by atoms with Gasteiger partial charge in [0, 0.05) is 30.1 Å². The van der Waals surface area contributed by atoms with E-state index in [0.29, 0.717) is 12.1 Å². The number of rotatable bonds is 6. The fraction of sp³-hybridized carbons (Fsp3) is 0.733. The van der Waals surface area contributed by atoms with Gasteiger partial charge in [0.1, 0.15) is 0 Å². The Hall–Kier alpha value is -0.380. The van der Waals surface area contributed by atoms with Crippen molar-refractivity contribution in [3.8, 4) is 0 Å². The monoisotopic (exact) mass is 266 g/mol. The maximum absolute atomic E-state index is 6.00. The van der Waals surface area contributed by atoms with Gasteiger partial charge >= 0.3 is 0 Å². The molecule has 0 saturated carbocycles. The molecule has 1 aliphatic heterocycles. The van der Waals surface area contributed by atoms with Crippen LogP contribution in [0.4, 0.5) is 0 Å². The van der Waals surface area contributed by atoms with E-state index in [1.807, 2.05) is 11.3 Å². The minimum Gasteiger partial charge on any atom is -0.329 e. The summed E-state index contributed by atoms with van der Waals surface area (Å²) < 4.78 is 0. The van der Waals surface area contributed by atoms with Crippen LogP contribution >= 0.6 is 11.3 Å². The Bertz CT molecular complexity index is 361. The highest BCUT2D eigenvalue weighted by molar-refractivity contribution is 7.10. The summed E-state index contributed by atoms with van der Waals surface area (Å²) in [5.74, 6) is 0. The number of nitrogens with zero attached hydrogens (tertiary/aromatic N) is 1. The fourth-order valence-electron chi connectivity index (χ4n) is 3.08. The molecular weight excluding hydrogens is 240 g/mol. The van der Waals surface area contributed by atoms with Crippen molar-refractivity contribution >= 4 is 11.3 Å². The molecule has 0 spiro atoms. The lowest BCUT2D eigenvalue weighted by Gasteiger charge is -2.39. The van der Waals surface area contributed by atoms with Crippen molar-refractivity contribution in [1.29, 1.82) is 0 Å². The zero-order valence-corrected chi connectivity index (χ0v) is 12.5. The van der Waals surface area contributed by atoms with Crippen LogP contribution in [0.2, 0.25) is 0 Å². The van der Waals surface area contributed by atoms with Gasteiger partial charge in [-0.15, -0.1) is 11.3 Å². The predicted molar refractivity (Wildman–Crippen MR) is 80.1 cm³/mol. The van der Waals surface area contributed by atoms with Crippen LogP contribution in [0.5, 0.6) is 0 Å². The molecule has 1 aromatic heterocycles. The van der Waals surface area contributed by atoms with Gasteiger partial charge in [0.05, 0.1) is 0 Å². The van der Waals surface area contributed by atoms with E-state index in [1.165, 1.54) is 38.6 Å². The minimum atomic E-state index is 0.551. The number of nitrogens with two attached hydrogens (primary N) is 1. The van der Waals surface area contributed by atoms with Crippen molar-refractivity contribution in [3.63, 3.8) is 0 Å². The predicted octanol–water partition coefficient (Wildman–Crippen LogP) is 3.57. The van der Waals surface area contributed by atoms with Crippen LogP contribution in [0, 0.1) is 0 Å². The van der Waals surface area contributed by atoms with Crippen molar-refractivity contribution in [2.45, 2.75) is 58.0 Å².